The number of ether oxygens (including phenoxy) is 1. The first kappa shape index (κ1) is 24.1. The molecule has 1 unspecified atom stereocenters. The van der Waals surface area contributed by atoms with E-state index in [1.807, 2.05) is 25.7 Å². The molecule has 1 heterocycles. The van der Waals surface area contributed by atoms with Crippen LogP contribution in [0, 0.1) is 11.6 Å². The lowest BCUT2D eigenvalue weighted by Gasteiger charge is -2.44. The van der Waals surface area contributed by atoms with Crippen molar-refractivity contribution in [2.45, 2.75) is 51.4 Å². The molecule has 0 radical (unpaired) electrons. The van der Waals surface area contributed by atoms with Gasteiger partial charge in [0.2, 0.25) is 0 Å². The smallest absolute Gasteiger partial charge is 0.410 e. The van der Waals surface area contributed by atoms with Crippen LogP contribution in [0.3, 0.4) is 0 Å². The highest BCUT2D eigenvalue weighted by atomic mass is 19.1. The quantitative estimate of drug-likeness (QED) is 0.720. The van der Waals surface area contributed by atoms with Gasteiger partial charge >= 0.3 is 6.09 Å². The molecule has 1 atom stereocenters. The third kappa shape index (κ3) is 6.26. The van der Waals surface area contributed by atoms with Gasteiger partial charge in [0, 0.05) is 38.5 Å². The van der Waals surface area contributed by atoms with Gasteiger partial charge in [0.05, 0.1) is 0 Å². The van der Waals surface area contributed by atoms with Crippen molar-refractivity contribution >= 4 is 6.09 Å². The van der Waals surface area contributed by atoms with Gasteiger partial charge in [-0.15, -0.1) is 0 Å². The number of benzene rings is 2. The highest BCUT2D eigenvalue weighted by Gasteiger charge is 2.36. The monoisotopic (exact) mass is 446 g/mol. The first-order valence-electron chi connectivity index (χ1n) is 10.9. The van der Waals surface area contributed by atoms with Gasteiger partial charge < -0.3 is 14.7 Å². The number of piperazine rings is 1. The summed E-state index contributed by atoms with van der Waals surface area (Å²) in [7, 11) is 0. The Morgan fingerprint density at radius 3 is 1.75 bits per heavy atom. The SMILES string of the molecule is CC(C)(C)OC(=O)N1CCN(C(C)(O)CC(c2ccc(F)cc2)c2ccc(F)cc2)CC1. The number of hydrogen-bond acceptors (Lipinski definition) is 4. The summed E-state index contributed by atoms with van der Waals surface area (Å²) in [6.45, 7) is 9.12. The minimum absolute atomic E-state index is 0.255. The Balaban J connectivity index is 1.73. The molecule has 2 aromatic carbocycles. The van der Waals surface area contributed by atoms with Crippen LogP contribution < -0.4 is 0 Å². The molecule has 5 nitrogen and oxygen atoms in total. The van der Waals surface area contributed by atoms with Crippen LogP contribution in [0.2, 0.25) is 0 Å². The van der Waals surface area contributed by atoms with Crippen molar-refractivity contribution in [2.24, 2.45) is 0 Å². The second-order valence-corrected chi connectivity index (χ2v) is 9.53. The van der Waals surface area contributed by atoms with Gasteiger partial charge in [-0.1, -0.05) is 24.3 Å². The summed E-state index contributed by atoms with van der Waals surface area (Å²) in [5, 5.41) is 11.4. The second kappa shape index (κ2) is 9.55. The molecule has 2 aromatic rings. The van der Waals surface area contributed by atoms with Crippen molar-refractivity contribution in [3.63, 3.8) is 0 Å². The number of carbonyl (C=O) groups is 1. The van der Waals surface area contributed by atoms with E-state index >= 15 is 0 Å². The maximum Gasteiger partial charge on any atom is 0.410 e. The van der Waals surface area contributed by atoms with Crippen LogP contribution in [-0.4, -0.2) is 58.5 Å². The van der Waals surface area contributed by atoms with E-state index in [0.29, 0.717) is 32.6 Å². The van der Waals surface area contributed by atoms with Crippen molar-refractivity contribution in [1.82, 2.24) is 9.80 Å². The molecule has 0 bridgehead atoms. The van der Waals surface area contributed by atoms with E-state index in [0.717, 1.165) is 11.1 Å². The highest BCUT2D eigenvalue weighted by Crippen LogP contribution is 2.35. The lowest BCUT2D eigenvalue weighted by molar-refractivity contribution is -0.117. The first-order valence-corrected chi connectivity index (χ1v) is 10.9. The molecule has 0 aromatic heterocycles. The Kier molecular flexibility index (Phi) is 7.20. The van der Waals surface area contributed by atoms with Gasteiger partial charge in [0.25, 0.3) is 0 Å². The molecular formula is C25H32F2N2O3. The van der Waals surface area contributed by atoms with Crippen molar-refractivity contribution in [1.29, 1.82) is 0 Å². The number of halogens is 2. The fraction of sp³-hybridized carbons (Fsp3) is 0.480. The minimum Gasteiger partial charge on any atom is -0.444 e. The van der Waals surface area contributed by atoms with E-state index in [1.54, 1.807) is 36.1 Å². The number of rotatable bonds is 5. The molecule has 7 heteroatoms. The fourth-order valence-corrected chi connectivity index (χ4v) is 4.03. The summed E-state index contributed by atoms with van der Waals surface area (Å²) < 4.78 is 32.4. The standard InChI is InChI=1S/C25H32F2N2O3/c1-24(2,3)32-23(30)28-13-15-29(16-14-28)25(4,31)17-22(18-5-9-20(26)10-6-18)19-7-11-21(27)12-8-19/h5-12,22,31H,13-17H2,1-4H3. The predicted octanol–water partition coefficient (Wildman–Crippen LogP) is 4.75. The van der Waals surface area contributed by atoms with E-state index in [9.17, 15) is 18.7 Å². The maximum atomic E-state index is 13.5. The Morgan fingerprint density at radius 1 is 0.906 bits per heavy atom. The minimum atomic E-state index is -1.19. The third-order valence-electron chi connectivity index (χ3n) is 5.75. The molecule has 3 rings (SSSR count). The zero-order valence-electron chi connectivity index (χ0n) is 19.1. The second-order valence-electron chi connectivity index (χ2n) is 9.53. The zero-order valence-corrected chi connectivity index (χ0v) is 19.1. The number of amides is 1. The normalized spacial score (nSPS) is 17.3. The average molecular weight is 447 g/mol. The highest BCUT2D eigenvalue weighted by molar-refractivity contribution is 5.68. The Hall–Kier alpha value is -2.51. The van der Waals surface area contributed by atoms with Crippen LogP contribution in [0.5, 0.6) is 0 Å². The largest absolute Gasteiger partial charge is 0.444 e. The van der Waals surface area contributed by atoms with E-state index < -0.39 is 11.3 Å². The average Bonchev–Trinajstić information content (AvgIpc) is 2.72. The van der Waals surface area contributed by atoms with Gasteiger partial charge in [0.1, 0.15) is 23.0 Å². The molecule has 1 amide bonds. The molecule has 0 spiro atoms. The van der Waals surface area contributed by atoms with Gasteiger partial charge in [-0.2, -0.15) is 0 Å². The molecule has 1 aliphatic heterocycles. The number of hydrogen-bond donors (Lipinski definition) is 1. The van der Waals surface area contributed by atoms with E-state index in [1.165, 1.54) is 24.3 Å². The van der Waals surface area contributed by atoms with Crippen LogP contribution in [0.4, 0.5) is 13.6 Å². The van der Waals surface area contributed by atoms with Crippen LogP contribution in [0.25, 0.3) is 0 Å². The van der Waals surface area contributed by atoms with Crippen molar-refractivity contribution in [3.05, 3.63) is 71.3 Å². The Bertz CT molecular complexity index is 855. The summed E-state index contributed by atoms with van der Waals surface area (Å²) in [4.78, 5) is 15.9. The van der Waals surface area contributed by atoms with Crippen molar-refractivity contribution in [3.8, 4) is 0 Å². The third-order valence-corrected chi connectivity index (χ3v) is 5.75. The summed E-state index contributed by atoms with van der Waals surface area (Å²) in [5.74, 6) is -0.927. The van der Waals surface area contributed by atoms with Gasteiger partial charge in [-0.05, 0) is 63.1 Å². The first-order chi connectivity index (χ1) is 14.9. The Morgan fingerprint density at radius 2 is 1.34 bits per heavy atom. The molecule has 1 fully saturated rings. The zero-order chi connectivity index (χ0) is 23.5. The molecule has 1 saturated heterocycles. The molecule has 0 saturated carbocycles. The topological polar surface area (TPSA) is 53.0 Å². The molecule has 1 N–H and O–H groups in total. The fourth-order valence-electron chi connectivity index (χ4n) is 4.03. The van der Waals surface area contributed by atoms with Gasteiger partial charge in [-0.25, -0.2) is 13.6 Å². The van der Waals surface area contributed by atoms with Crippen molar-refractivity contribution < 1.29 is 23.4 Å². The molecule has 32 heavy (non-hydrogen) atoms. The molecule has 1 aliphatic rings. The predicted molar refractivity (Wildman–Crippen MR) is 119 cm³/mol. The summed E-state index contributed by atoms with van der Waals surface area (Å²) in [6, 6.07) is 12.3. The maximum absolute atomic E-state index is 13.5. The van der Waals surface area contributed by atoms with E-state index in [-0.39, 0.29) is 23.6 Å². The summed E-state index contributed by atoms with van der Waals surface area (Å²) in [6.07, 6.45) is -0.0243. The van der Waals surface area contributed by atoms with Gasteiger partial charge in [-0.3, -0.25) is 4.90 Å². The molecule has 0 aliphatic carbocycles. The number of aliphatic hydroxyl groups is 1. The number of carbonyl (C=O) groups excluding carboxylic acids is 1. The van der Waals surface area contributed by atoms with Gasteiger partial charge in [0.15, 0.2) is 0 Å². The van der Waals surface area contributed by atoms with Crippen LogP contribution >= 0.6 is 0 Å². The number of nitrogens with zero attached hydrogens (tertiary/aromatic N) is 2. The Labute approximate surface area is 188 Å². The molecular weight excluding hydrogens is 414 g/mol. The van der Waals surface area contributed by atoms with Crippen molar-refractivity contribution in [2.75, 3.05) is 26.2 Å². The summed E-state index contributed by atoms with van der Waals surface area (Å²) >= 11 is 0. The van der Waals surface area contributed by atoms with E-state index in [4.69, 9.17) is 4.74 Å². The van der Waals surface area contributed by atoms with Crippen LogP contribution in [0.15, 0.2) is 48.5 Å². The van der Waals surface area contributed by atoms with Crippen LogP contribution in [-0.2, 0) is 4.74 Å². The van der Waals surface area contributed by atoms with Crippen LogP contribution in [0.1, 0.15) is 51.2 Å². The molecule has 174 valence electrons. The lowest BCUT2D eigenvalue weighted by Crippen LogP contribution is -2.57. The van der Waals surface area contributed by atoms with E-state index in [2.05, 4.69) is 0 Å². The summed E-state index contributed by atoms with van der Waals surface area (Å²) in [5.41, 5.74) is -0.0682. The lowest BCUT2D eigenvalue weighted by atomic mass is 9.84.